The molecule has 0 aromatic heterocycles. The van der Waals surface area contributed by atoms with Gasteiger partial charge in [0, 0.05) is 0 Å². The lowest BCUT2D eigenvalue weighted by Crippen LogP contribution is -2.22. The second-order valence-electron chi connectivity index (χ2n) is 7.06. The monoisotopic (exact) mass is 464 g/mol. The van der Waals surface area contributed by atoms with Gasteiger partial charge in [0.05, 0.1) is 5.31 Å². The van der Waals surface area contributed by atoms with Crippen LogP contribution in [0.25, 0.3) is 0 Å². The van der Waals surface area contributed by atoms with E-state index in [0.717, 1.165) is 10.6 Å². The first-order chi connectivity index (χ1) is 15.5. The molecule has 0 nitrogen and oxygen atoms in total. The average Bonchev–Trinajstić information content (AvgIpc) is 2.83. The summed E-state index contributed by atoms with van der Waals surface area (Å²) in [4.78, 5) is 0. The molecule has 4 aromatic carbocycles. The summed E-state index contributed by atoms with van der Waals surface area (Å²) in [6, 6.07) is 37.0. The lowest BCUT2D eigenvalue weighted by molar-refractivity contribution is -0.0839. The molecule has 0 unspecified atom stereocenters. The van der Waals surface area contributed by atoms with Crippen LogP contribution in [0.3, 0.4) is 0 Å². The van der Waals surface area contributed by atoms with E-state index in [4.69, 9.17) is 0 Å². The molecule has 0 fully saturated rings. The zero-order valence-corrected chi connectivity index (χ0v) is 18.9. The van der Waals surface area contributed by atoms with Gasteiger partial charge >= 0.3 is 6.18 Å². The van der Waals surface area contributed by atoms with E-state index >= 15 is 0 Å². The van der Waals surface area contributed by atoms with Crippen LogP contribution in [0.5, 0.6) is 0 Å². The Morgan fingerprint density at radius 2 is 0.812 bits per heavy atom. The highest BCUT2D eigenvalue weighted by molar-refractivity contribution is 7.80. The molecule has 4 aromatic rings. The summed E-state index contributed by atoms with van der Waals surface area (Å²) in [7, 11) is -3.10. The normalized spacial score (nSPS) is 12.3. The van der Waals surface area contributed by atoms with Crippen LogP contribution < -0.4 is 21.2 Å². The SMILES string of the molecule is FC(F)(F)/C(=C/P(c1ccccc1)c1ccccc1)P(c1ccccc1)c1ccccc1. The first-order valence-corrected chi connectivity index (χ1v) is 12.9. The average molecular weight is 464 g/mol. The zero-order chi connectivity index (χ0) is 22.4. The fourth-order valence-corrected chi connectivity index (χ4v) is 8.27. The molecule has 0 heterocycles. The van der Waals surface area contributed by atoms with E-state index < -0.39 is 27.3 Å². The van der Waals surface area contributed by atoms with Crippen LogP contribution >= 0.6 is 15.8 Å². The molecular formula is C27H21F3P2. The highest BCUT2D eigenvalue weighted by Crippen LogP contribution is 2.54. The molecule has 0 aliphatic carbocycles. The van der Waals surface area contributed by atoms with Crippen LogP contribution in [0, 0.1) is 0 Å². The molecule has 0 aliphatic rings. The van der Waals surface area contributed by atoms with Crippen molar-refractivity contribution in [2.75, 3.05) is 0 Å². The lowest BCUT2D eigenvalue weighted by Gasteiger charge is -2.26. The minimum absolute atomic E-state index is 0.469. The van der Waals surface area contributed by atoms with Gasteiger partial charge in [0.25, 0.3) is 0 Å². The van der Waals surface area contributed by atoms with Crippen molar-refractivity contribution in [1.29, 1.82) is 0 Å². The molecule has 0 saturated heterocycles. The van der Waals surface area contributed by atoms with Crippen LogP contribution in [0.15, 0.2) is 132 Å². The van der Waals surface area contributed by atoms with Gasteiger partial charge < -0.3 is 0 Å². The maximum Gasteiger partial charge on any atom is 0.417 e. The molecule has 0 saturated carbocycles. The van der Waals surface area contributed by atoms with Gasteiger partial charge in [-0.1, -0.05) is 121 Å². The molecule has 0 amide bonds. The van der Waals surface area contributed by atoms with Crippen molar-refractivity contribution in [2.45, 2.75) is 6.18 Å². The summed E-state index contributed by atoms with van der Waals surface area (Å²) in [5.74, 6) is 1.49. The van der Waals surface area contributed by atoms with Gasteiger partial charge in [-0.2, -0.15) is 13.2 Å². The summed E-state index contributed by atoms with van der Waals surface area (Å²) in [5.41, 5.74) is 0. The van der Waals surface area contributed by atoms with Crippen LogP contribution in [-0.4, -0.2) is 6.18 Å². The molecule has 32 heavy (non-hydrogen) atoms. The van der Waals surface area contributed by atoms with E-state index in [1.165, 1.54) is 5.82 Å². The topological polar surface area (TPSA) is 0 Å². The maximum absolute atomic E-state index is 14.7. The minimum Gasteiger partial charge on any atom is -0.166 e. The van der Waals surface area contributed by atoms with Crippen LogP contribution in [0.2, 0.25) is 0 Å². The lowest BCUT2D eigenvalue weighted by atomic mass is 10.4. The maximum atomic E-state index is 14.7. The van der Waals surface area contributed by atoms with Crippen molar-refractivity contribution < 1.29 is 13.2 Å². The van der Waals surface area contributed by atoms with Gasteiger partial charge in [0.15, 0.2) is 0 Å². The highest BCUT2D eigenvalue weighted by atomic mass is 31.1. The van der Waals surface area contributed by atoms with Crippen LogP contribution in [0.4, 0.5) is 13.2 Å². The summed E-state index contributed by atoms with van der Waals surface area (Å²) in [6.07, 6.45) is -4.46. The van der Waals surface area contributed by atoms with Gasteiger partial charge in [-0.25, -0.2) is 0 Å². The molecule has 0 atom stereocenters. The smallest absolute Gasteiger partial charge is 0.166 e. The molecule has 0 N–H and O–H groups in total. The fourth-order valence-electron chi connectivity index (χ4n) is 3.44. The number of hydrogen-bond donors (Lipinski definition) is 0. The standard InChI is InChI=1S/C27H21F3P2/c28-27(29,30)26(32(24-17-9-3-10-18-24)25-19-11-4-12-20-25)21-31(22-13-5-1-6-14-22)23-15-7-2-8-16-23/h1-21H/b26-21-. The third-order valence-electron chi connectivity index (χ3n) is 4.88. The molecule has 0 aliphatic heterocycles. The van der Waals surface area contributed by atoms with Gasteiger partial charge in [0.2, 0.25) is 0 Å². The van der Waals surface area contributed by atoms with E-state index in [1.54, 1.807) is 48.5 Å². The molecular weight excluding hydrogens is 443 g/mol. The van der Waals surface area contributed by atoms with Crippen LogP contribution in [-0.2, 0) is 0 Å². The molecule has 0 radical (unpaired) electrons. The van der Waals surface area contributed by atoms with E-state index in [1.807, 2.05) is 72.8 Å². The number of hydrogen-bond acceptors (Lipinski definition) is 0. The Labute approximate surface area is 189 Å². The number of alkyl halides is 3. The Bertz CT molecular complexity index is 1060. The summed E-state index contributed by atoms with van der Waals surface area (Å²) >= 11 is 0. The van der Waals surface area contributed by atoms with Gasteiger partial charge in [0.1, 0.15) is 0 Å². The Kier molecular flexibility index (Phi) is 7.20. The van der Waals surface area contributed by atoms with Gasteiger partial charge in [-0.05, 0) is 42.9 Å². The van der Waals surface area contributed by atoms with Crippen molar-refractivity contribution in [3.05, 3.63) is 132 Å². The first-order valence-electron chi connectivity index (χ1n) is 10.1. The minimum atomic E-state index is -4.46. The number of halogens is 3. The number of rotatable bonds is 6. The van der Waals surface area contributed by atoms with Crippen molar-refractivity contribution in [3.8, 4) is 0 Å². The first kappa shape index (κ1) is 22.5. The molecule has 0 bridgehead atoms. The second kappa shape index (κ2) is 10.3. The van der Waals surface area contributed by atoms with Gasteiger partial charge in [-0.3, -0.25) is 0 Å². The quantitative estimate of drug-likeness (QED) is 0.280. The second-order valence-corrected chi connectivity index (χ2v) is 11.3. The van der Waals surface area contributed by atoms with Crippen molar-refractivity contribution in [2.24, 2.45) is 0 Å². The summed E-state index contributed by atoms with van der Waals surface area (Å²) in [5, 5.41) is 2.70. The predicted molar refractivity (Wildman–Crippen MR) is 132 cm³/mol. The Morgan fingerprint density at radius 1 is 0.500 bits per heavy atom. The largest absolute Gasteiger partial charge is 0.417 e. The highest BCUT2D eigenvalue weighted by Gasteiger charge is 2.40. The zero-order valence-electron chi connectivity index (χ0n) is 17.2. The van der Waals surface area contributed by atoms with Crippen molar-refractivity contribution >= 4 is 37.1 Å². The van der Waals surface area contributed by atoms with Gasteiger partial charge in [-0.15, -0.1) is 0 Å². The van der Waals surface area contributed by atoms with E-state index in [2.05, 4.69) is 0 Å². The van der Waals surface area contributed by atoms with E-state index in [-0.39, 0.29) is 0 Å². The summed E-state index contributed by atoms with van der Waals surface area (Å²) < 4.78 is 44.1. The predicted octanol–water partition coefficient (Wildman–Crippen LogP) is 6.66. The number of benzene rings is 4. The van der Waals surface area contributed by atoms with Crippen molar-refractivity contribution in [1.82, 2.24) is 0 Å². The van der Waals surface area contributed by atoms with E-state index in [9.17, 15) is 13.2 Å². The Morgan fingerprint density at radius 3 is 1.12 bits per heavy atom. The number of allylic oxidation sites excluding steroid dienone is 1. The molecule has 0 spiro atoms. The van der Waals surface area contributed by atoms with E-state index in [0.29, 0.717) is 10.6 Å². The Balaban J connectivity index is 1.94. The third kappa shape index (κ3) is 5.36. The third-order valence-corrected chi connectivity index (χ3v) is 9.80. The molecule has 4 rings (SSSR count). The fraction of sp³-hybridized carbons (Fsp3) is 0.0370. The molecule has 5 heteroatoms. The molecule has 160 valence electrons. The Hall–Kier alpha value is -2.73. The van der Waals surface area contributed by atoms with Crippen molar-refractivity contribution in [3.63, 3.8) is 0 Å². The summed E-state index contributed by atoms with van der Waals surface area (Å²) in [6.45, 7) is 0. The van der Waals surface area contributed by atoms with Crippen LogP contribution in [0.1, 0.15) is 0 Å².